The number of nitrogens with zero attached hydrogens (tertiary/aromatic N) is 1. The van der Waals surface area contributed by atoms with Crippen molar-refractivity contribution in [1.82, 2.24) is 15.5 Å². The molecule has 0 aliphatic carbocycles. The first-order chi connectivity index (χ1) is 10.9. The number of hydrogen-bond acceptors (Lipinski definition) is 4. The molecule has 0 bridgehead atoms. The average molecular weight is 339 g/mol. The molecule has 23 heavy (non-hydrogen) atoms. The predicted octanol–water partition coefficient (Wildman–Crippen LogP) is 2.96. The van der Waals surface area contributed by atoms with Crippen molar-refractivity contribution in [2.24, 2.45) is 0 Å². The Morgan fingerprint density at radius 2 is 2.00 bits per heavy atom. The minimum absolute atomic E-state index is 0.0184. The number of methoxy groups -OCH3 is 1. The quantitative estimate of drug-likeness (QED) is 0.889. The first-order valence-corrected chi connectivity index (χ1v) is 8.69. The highest BCUT2D eigenvalue weighted by Crippen LogP contribution is 2.26. The summed E-state index contributed by atoms with van der Waals surface area (Å²) in [4.78, 5) is 27.7. The van der Waals surface area contributed by atoms with E-state index in [4.69, 9.17) is 4.74 Å². The molecule has 7 heteroatoms. The molecule has 1 aliphatic rings. The lowest BCUT2D eigenvalue weighted by atomic mass is 10.1. The number of amides is 3. The van der Waals surface area contributed by atoms with Crippen LogP contribution in [0.25, 0.3) is 0 Å². The van der Waals surface area contributed by atoms with E-state index in [0.29, 0.717) is 13.1 Å². The van der Waals surface area contributed by atoms with E-state index >= 15 is 0 Å². The molecule has 0 radical (unpaired) electrons. The van der Waals surface area contributed by atoms with E-state index in [1.165, 1.54) is 22.4 Å². The second-order valence-electron chi connectivity index (χ2n) is 5.94. The number of carbonyl (C=O) groups excluding carboxylic acids is 2. The van der Waals surface area contributed by atoms with Crippen molar-refractivity contribution in [3.05, 3.63) is 21.4 Å². The summed E-state index contributed by atoms with van der Waals surface area (Å²) >= 11 is 1.74. The van der Waals surface area contributed by atoms with E-state index in [2.05, 4.69) is 30.5 Å². The van der Waals surface area contributed by atoms with Crippen molar-refractivity contribution in [3.63, 3.8) is 0 Å². The molecular weight excluding hydrogens is 314 g/mol. The first-order valence-electron chi connectivity index (χ1n) is 7.87. The number of aryl methyl sites for hydroxylation is 2. The van der Waals surface area contributed by atoms with Crippen molar-refractivity contribution in [1.29, 1.82) is 0 Å². The van der Waals surface area contributed by atoms with Crippen molar-refractivity contribution in [2.75, 3.05) is 20.2 Å². The number of urea groups is 1. The van der Waals surface area contributed by atoms with Gasteiger partial charge in [0.2, 0.25) is 0 Å². The van der Waals surface area contributed by atoms with E-state index < -0.39 is 0 Å². The van der Waals surface area contributed by atoms with Gasteiger partial charge in [-0.05, 0) is 45.2 Å². The largest absolute Gasteiger partial charge is 0.453 e. The highest BCUT2D eigenvalue weighted by atomic mass is 32.1. The zero-order chi connectivity index (χ0) is 17.0. The van der Waals surface area contributed by atoms with Crippen LogP contribution in [-0.4, -0.2) is 43.3 Å². The van der Waals surface area contributed by atoms with Crippen LogP contribution in [0.15, 0.2) is 6.07 Å². The minimum Gasteiger partial charge on any atom is -0.453 e. The zero-order valence-corrected chi connectivity index (χ0v) is 15.0. The Labute approximate surface area is 141 Å². The summed E-state index contributed by atoms with van der Waals surface area (Å²) in [6.07, 6.45) is 1.19. The predicted molar refractivity (Wildman–Crippen MR) is 90.9 cm³/mol. The second-order valence-corrected chi connectivity index (χ2v) is 7.40. The van der Waals surface area contributed by atoms with Crippen LogP contribution in [0.5, 0.6) is 0 Å². The molecule has 2 heterocycles. The number of carbonyl (C=O) groups is 2. The lowest BCUT2D eigenvalue weighted by Gasteiger charge is -2.31. The number of likely N-dealkylation sites (tertiary alicyclic amines) is 1. The van der Waals surface area contributed by atoms with Crippen LogP contribution in [0.2, 0.25) is 0 Å². The fourth-order valence-electron chi connectivity index (χ4n) is 2.92. The lowest BCUT2D eigenvalue weighted by molar-refractivity contribution is 0.110. The molecule has 3 amide bonds. The maximum atomic E-state index is 12.2. The number of rotatable bonds is 3. The third-order valence-corrected chi connectivity index (χ3v) is 5.14. The Hall–Kier alpha value is -1.76. The fraction of sp³-hybridized carbons (Fsp3) is 0.625. The minimum atomic E-state index is -0.301. The summed E-state index contributed by atoms with van der Waals surface area (Å²) in [7, 11) is 1.38. The summed E-state index contributed by atoms with van der Waals surface area (Å²) < 4.78 is 4.71. The van der Waals surface area contributed by atoms with Crippen LogP contribution in [0.1, 0.15) is 41.1 Å². The van der Waals surface area contributed by atoms with E-state index in [1.54, 1.807) is 16.2 Å². The molecule has 0 unspecified atom stereocenters. The summed E-state index contributed by atoms with van der Waals surface area (Å²) in [5, 5.41) is 5.99. The van der Waals surface area contributed by atoms with Gasteiger partial charge < -0.3 is 20.3 Å². The van der Waals surface area contributed by atoms with Gasteiger partial charge in [-0.25, -0.2) is 9.59 Å². The third-order valence-electron chi connectivity index (χ3n) is 4.16. The molecule has 0 spiro atoms. The lowest BCUT2D eigenvalue weighted by Crippen LogP contribution is -2.49. The van der Waals surface area contributed by atoms with Crippen LogP contribution in [0, 0.1) is 13.8 Å². The Morgan fingerprint density at radius 1 is 1.35 bits per heavy atom. The van der Waals surface area contributed by atoms with Gasteiger partial charge in [-0.2, -0.15) is 0 Å². The Morgan fingerprint density at radius 3 is 2.52 bits per heavy atom. The third kappa shape index (κ3) is 4.60. The van der Waals surface area contributed by atoms with E-state index in [-0.39, 0.29) is 24.2 Å². The van der Waals surface area contributed by atoms with E-state index in [1.807, 2.05) is 6.92 Å². The van der Waals surface area contributed by atoms with Crippen molar-refractivity contribution in [3.8, 4) is 0 Å². The summed E-state index contributed by atoms with van der Waals surface area (Å²) in [6.45, 7) is 7.36. The van der Waals surface area contributed by atoms with Crippen LogP contribution in [0.4, 0.5) is 9.59 Å². The molecule has 1 fully saturated rings. The monoisotopic (exact) mass is 339 g/mol. The molecule has 1 aromatic rings. The smallest absolute Gasteiger partial charge is 0.409 e. The summed E-state index contributed by atoms with van der Waals surface area (Å²) in [6, 6.07) is 2.04. The van der Waals surface area contributed by atoms with E-state index in [9.17, 15) is 9.59 Å². The molecule has 1 aliphatic heterocycles. The van der Waals surface area contributed by atoms with Gasteiger partial charge in [0.1, 0.15) is 0 Å². The van der Waals surface area contributed by atoms with Gasteiger partial charge >= 0.3 is 12.1 Å². The molecule has 2 rings (SSSR count). The summed E-state index contributed by atoms with van der Waals surface area (Å²) in [5.41, 5.74) is 1.17. The van der Waals surface area contributed by atoms with Crippen molar-refractivity contribution in [2.45, 2.75) is 45.7 Å². The van der Waals surface area contributed by atoms with E-state index in [0.717, 1.165) is 12.8 Å². The topological polar surface area (TPSA) is 70.7 Å². The molecule has 0 saturated carbocycles. The highest BCUT2D eigenvalue weighted by molar-refractivity contribution is 7.12. The van der Waals surface area contributed by atoms with Crippen LogP contribution >= 0.6 is 11.3 Å². The van der Waals surface area contributed by atoms with Crippen molar-refractivity contribution < 1.29 is 14.3 Å². The second kappa shape index (κ2) is 7.68. The standard InChI is InChI=1S/C16H25N3O3S/c1-10-9-14(12(3)23-10)11(2)17-15(20)18-13-5-7-19(8-6-13)16(21)22-4/h9,11,13H,5-8H2,1-4H3,(H2,17,18,20)/t11-/m1/s1. The Bertz CT molecular complexity index is 565. The molecule has 1 aromatic heterocycles. The van der Waals surface area contributed by atoms with Gasteiger partial charge in [-0.3, -0.25) is 0 Å². The van der Waals surface area contributed by atoms with Crippen LogP contribution in [-0.2, 0) is 4.74 Å². The highest BCUT2D eigenvalue weighted by Gasteiger charge is 2.24. The van der Waals surface area contributed by atoms with Gasteiger partial charge in [0.25, 0.3) is 0 Å². The van der Waals surface area contributed by atoms with Crippen molar-refractivity contribution >= 4 is 23.5 Å². The number of nitrogens with one attached hydrogen (secondary N) is 2. The number of ether oxygens (including phenoxy) is 1. The zero-order valence-electron chi connectivity index (χ0n) is 14.1. The molecule has 2 N–H and O–H groups in total. The normalized spacial score (nSPS) is 16.8. The fourth-order valence-corrected chi connectivity index (χ4v) is 3.94. The number of thiophene rings is 1. The average Bonchev–Trinajstić information content (AvgIpc) is 2.86. The Kier molecular flexibility index (Phi) is 5.87. The van der Waals surface area contributed by atoms with Gasteiger partial charge in [-0.15, -0.1) is 11.3 Å². The maximum absolute atomic E-state index is 12.2. The molecular formula is C16H25N3O3S. The maximum Gasteiger partial charge on any atom is 0.409 e. The SMILES string of the molecule is COC(=O)N1CCC(NC(=O)N[C@H](C)c2cc(C)sc2C)CC1. The molecule has 1 atom stereocenters. The van der Waals surface area contributed by atoms with Gasteiger partial charge in [-0.1, -0.05) is 0 Å². The number of hydrogen-bond donors (Lipinski definition) is 2. The van der Waals surface area contributed by atoms with Gasteiger partial charge in [0.15, 0.2) is 0 Å². The molecule has 6 nitrogen and oxygen atoms in total. The number of piperidine rings is 1. The van der Waals surface area contributed by atoms with Crippen LogP contribution < -0.4 is 10.6 Å². The van der Waals surface area contributed by atoms with Crippen LogP contribution in [0.3, 0.4) is 0 Å². The van der Waals surface area contributed by atoms with Gasteiger partial charge in [0.05, 0.1) is 13.2 Å². The summed E-state index contributed by atoms with van der Waals surface area (Å²) in [5.74, 6) is 0. The molecule has 1 saturated heterocycles. The Balaban J connectivity index is 1.79. The molecule has 0 aromatic carbocycles. The van der Waals surface area contributed by atoms with Gasteiger partial charge in [0, 0.05) is 28.9 Å². The first kappa shape index (κ1) is 17.6. The molecule has 128 valence electrons.